The first kappa shape index (κ1) is 12.9. The SMILES string of the molecule is COc1ccccc1CNC(=O)c1c[nH]ccc1=O. The van der Waals surface area contributed by atoms with Gasteiger partial charge in [0, 0.05) is 30.6 Å². The number of ether oxygens (including phenoxy) is 1. The van der Waals surface area contributed by atoms with E-state index in [1.54, 1.807) is 7.11 Å². The Kier molecular flexibility index (Phi) is 3.97. The number of hydrogen-bond acceptors (Lipinski definition) is 3. The van der Waals surface area contributed by atoms with Crippen molar-refractivity contribution in [2.45, 2.75) is 6.54 Å². The fourth-order valence-electron chi connectivity index (χ4n) is 1.71. The molecule has 0 atom stereocenters. The number of carbonyl (C=O) groups excluding carboxylic acids is 1. The standard InChI is InChI=1S/C14H14N2O3/c1-19-13-5-3-2-4-10(13)8-16-14(18)11-9-15-7-6-12(11)17/h2-7,9H,8H2,1H3,(H,15,17)(H,16,18). The van der Waals surface area contributed by atoms with E-state index in [0.29, 0.717) is 12.3 Å². The lowest BCUT2D eigenvalue weighted by atomic mass is 10.2. The molecule has 0 radical (unpaired) electrons. The van der Waals surface area contributed by atoms with Crippen molar-refractivity contribution in [2.24, 2.45) is 0 Å². The van der Waals surface area contributed by atoms with Gasteiger partial charge >= 0.3 is 0 Å². The summed E-state index contributed by atoms with van der Waals surface area (Å²) >= 11 is 0. The molecule has 0 saturated carbocycles. The van der Waals surface area contributed by atoms with E-state index in [1.165, 1.54) is 18.5 Å². The smallest absolute Gasteiger partial charge is 0.257 e. The molecule has 0 aliphatic carbocycles. The minimum atomic E-state index is -0.409. The van der Waals surface area contributed by atoms with Crippen LogP contribution in [0, 0.1) is 0 Å². The Bertz CT molecular complexity index is 634. The highest BCUT2D eigenvalue weighted by molar-refractivity contribution is 5.93. The average Bonchev–Trinajstić information content (AvgIpc) is 2.45. The molecule has 98 valence electrons. The highest BCUT2D eigenvalue weighted by Gasteiger charge is 2.10. The van der Waals surface area contributed by atoms with Gasteiger partial charge in [0.1, 0.15) is 11.3 Å². The molecule has 2 N–H and O–H groups in total. The van der Waals surface area contributed by atoms with Crippen LogP contribution in [-0.2, 0) is 6.54 Å². The number of carbonyl (C=O) groups is 1. The molecule has 0 bridgehead atoms. The summed E-state index contributed by atoms with van der Waals surface area (Å²) in [5.74, 6) is 0.289. The molecule has 1 aromatic heterocycles. The Labute approximate surface area is 110 Å². The lowest BCUT2D eigenvalue weighted by Crippen LogP contribution is -2.28. The molecular weight excluding hydrogens is 244 g/mol. The molecule has 1 aromatic carbocycles. The van der Waals surface area contributed by atoms with Crippen LogP contribution in [0.25, 0.3) is 0 Å². The molecule has 2 rings (SSSR count). The second-order valence-electron chi connectivity index (χ2n) is 3.92. The molecule has 0 aliphatic heterocycles. The van der Waals surface area contributed by atoms with Gasteiger partial charge in [0.2, 0.25) is 0 Å². The van der Waals surface area contributed by atoms with E-state index >= 15 is 0 Å². The second-order valence-corrected chi connectivity index (χ2v) is 3.92. The quantitative estimate of drug-likeness (QED) is 0.868. The van der Waals surface area contributed by atoms with Gasteiger partial charge in [-0.2, -0.15) is 0 Å². The monoisotopic (exact) mass is 258 g/mol. The van der Waals surface area contributed by atoms with Crippen molar-refractivity contribution in [3.8, 4) is 5.75 Å². The van der Waals surface area contributed by atoms with Crippen molar-refractivity contribution >= 4 is 5.91 Å². The highest BCUT2D eigenvalue weighted by atomic mass is 16.5. The van der Waals surface area contributed by atoms with E-state index < -0.39 is 5.91 Å². The summed E-state index contributed by atoms with van der Waals surface area (Å²) in [5, 5.41) is 2.69. The number of H-pyrrole nitrogens is 1. The van der Waals surface area contributed by atoms with Gasteiger partial charge in [0.25, 0.3) is 5.91 Å². The predicted molar refractivity (Wildman–Crippen MR) is 71.2 cm³/mol. The zero-order valence-electron chi connectivity index (χ0n) is 10.5. The Morgan fingerprint density at radius 2 is 2.11 bits per heavy atom. The normalized spacial score (nSPS) is 9.95. The molecule has 19 heavy (non-hydrogen) atoms. The van der Waals surface area contributed by atoms with Crippen LogP contribution in [0.1, 0.15) is 15.9 Å². The van der Waals surface area contributed by atoms with E-state index in [9.17, 15) is 9.59 Å². The van der Waals surface area contributed by atoms with Gasteiger partial charge < -0.3 is 15.0 Å². The molecule has 0 spiro atoms. The Balaban J connectivity index is 2.09. The number of para-hydroxylation sites is 1. The second kappa shape index (κ2) is 5.86. The fourth-order valence-corrected chi connectivity index (χ4v) is 1.71. The van der Waals surface area contributed by atoms with E-state index in [1.807, 2.05) is 24.3 Å². The van der Waals surface area contributed by atoms with Crippen molar-refractivity contribution < 1.29 is 9.53 Å². The number of pyridine rings is 1. The number of rotatable bonds is 4. The molecule has 0 aliphatic rings. The summed E-state index contributed by atoms with van der Waals surface area (Å²) < 4.78 is 5.19. The minimum absolute atomic E-state index is 0.0948. The molecular formula is C14H14N2O3. The zero-order valence-corrected chi connectivity index (χ0v) is 10.5. The van der Waals surface area contributed by atoms with Crippen molar-refractivity contribution in [1.29, 1.82) is 0 Å². The third kappa shape index (κ3) is 3.01. The number of hydrogen-bond donors (Lipinski definition) is 2. The Hall–Kier alpha value is -2.56. The highest BCUT2D eigenvalue weighted by Crippen LogP contribution is 2.16. The molecule has 0 unspecified atom stereocenters. The van der Waals surface area contributed by atoms with E-state index in [4.69, 9.17) is 4.74 Å². The largest absolute Gasteiger partial charge is 0.496 e. The lowest BCUT2D eigenvalue weighted by molar-refractivity contribution is 0.0949. The molecule has 0 saturated heterocycles. The number of benzene rings is 1. The van der Waals surface area contributed by atoms with Crippen molar-refractivity contribution in [1.82, 2.24) is 10.3 Å². The first-order valence-corrected chi connectivity index (χ1v) is 5.79. The van der Waals surface area contributed by atoms with Crippen LogP contribution >= 0.6 is 0 Å². The molecule has 5 heteroatoms. The van der Waals surface area contributed by atoms with Gasteiger partial charge in [-0.05, 0) is 6.07 Å². The maximum atomic E-state index is 11.9. The summed E-state index contributed by atoms with van der Waals surface area (Å²) in [6, 6.07) is 8.70. The van der Waals surface area contributed by atoms with Crippen LogP contribution in [-0.4, -0.2) is 18.0 Å². The average molecular weight is 258 g/mol. The third-order valence-electron chi connectivity index (χ3n) is 2.70. The van der Waals surface area contributed by atoms with Gasteiger partial charge in [-0.1, -0.05) is 18.2 Å². The van der Waals surface area contributed by atoms with Crippen molar-refractivity contribution in [3.05, 3.63) is 64.1 Å². The minimum Gasteiger partial charge on any atom is -0.496 e. The van der Waals surface area contributed by atoms with Gasteiger partial charge in [-0.25, -0.2) is 0 Å². The summed E-state index contributed by atoms with van der Waals surface area (Å²) in [5.41, 5.74) is 0.638. The summed E-state index contributed by atoms with van der Waals surface area (Å²) in [6.45, 7) is 0.303. The molecule has 1 amide bonds. The van der Waals surface area contributed by atoms with E-state index in [0.717, 1.165) is 5.56 Å². The third-order valence-corrected chi connectivity index (χ3v) is 2.70. The van der Waals surface area contributed by atoms with Gasteiger partial charge in [-0.15, -0.1) is 0 Å². The first-order chi connectivity index (χ1) is 9.22. The number of aromatic amines is 1. The van der Waals surface area contributed by atoms with Crippen LogP contribution in [0.4, 0.5) is 0 Å². The van der Waals surface area contributed by atoms with Crippen LogP contribution < -0.4 is 15.5 Å². The number of amides is 1. The molecule has 5 nitrogen and oxygen atoms in total. The number of nitrogens with one attached hydrogen (secondary N) is 2. The predicted octanol–water partition coefficient (Wildman–Crippen LogP) is 1.31. The number of aromatic nitrogens is 1. The fraction of sp³-hybridized carbons (Fsp3) is 0.143. The van der Waals surface area contributed by atoms with Gasteiger partial charge in [0.15, 0.2) is 5.43 Å². The molecule has 0 fully saturated rings. The topological polar surface area (TPSA) is 71.2 Å². The van der Waals surface area contributed by atoms with Crippen molar-refractivity contribution in [3.63, 3.8) is 0 Å². The zero-order chi connectivity index (χ0) is 13.7. The Morgan fingerprint density at radius 1 is 1.32 bits per heavy atom. The maximum absolute atomic E-state index is 11.9. The Morgan fingerprint density at radius 3 is 2.84 bits per heavy atom. The van der Waals surface area contributed by atoms with Gasteiger partial charge in [0.05, 0.1) is 7.11 Å². The first-order valence-electron chi connectivity index (χ1n) is 5.79. The van der Waals surface area contributed by atoms with E-state index in [2.05, 4.69) is 10.3 Å². The van der Waals surface area contributed by atoms with E-state index in [-0.39, 0.29) is 11.0 Å². The summed E-state index contributed by atoms with van der Waals surface area (Å²) in [7, 11) is 1.57. The molecule has 2 aromatic rings. The van der Waals surface area contributed by atoms with Crippen LogP contribution in [0.3, 0.4) is 0 Å². The summed E-state index contributed by atoms with van der Waals surface area (Å²) in [4.78, 5) is 26.1. The summed E-state index contributed by atoms with van der Waals surface area (Å²) in [6.07, 6.45) is 2.87. The van der Waals surface area contributed by atoms with Gasteiger partial charge in [-0.3, -0.25) is 9.59 Å². The van der Waals surface area contributed by atoms with Crippen LogP contribution in [0.5, 0.6) is 5.75 Å². The van der Waals surface area contributed by atoms with Crippen molar-refractivity contribution in [2.75, 3.05) is 7.11 Å². The van der Waals surface area contributed by atoms with Crippen LogP contribution in [0.2, 0.25) is 0 Å². The number of methoxy groups -OCH3 is 1. The maximum Gasteiger partial charge on any atom is 0.257 e. The molecule has 1 heterocycles. The van der Waals surface area contributed by atoms with Crippen LogP contribution in [0.15, 0.2) is 47.5 Å². The lowest BCUT2D eigenvalue weighted by Gasteiger charge is -2.09.